The molecule has 1 aromatic carbocycles. The van der Waals surface area contributed by atoms with Gasteiger partial charge in [-0.2, -0.15) is 0 Å². The predicted octanol–water partition coefficient (Wildman–Crippen LogP) is 3.46. The summed E-state index contributed by atoms with van der Waals surface area (Å²) in [6.07, 6.45) is 0.0207. The average Bonchev–Trinajstić information content (AvgIpc) is 2.28. The molecule has 0 aliphatic carbocycles. The van der Waals surface area contributed by atoms with Crippen LogP contribution in [0.2, 0.25) is 0 Å². The fourth-order valence-corrected chi connectivity index (χ4v) is 2.34. The second-order valence-electron chi connectivity index (χ2n) is 5.80. The van der Waals surface area contributed by atoms with Crippen molar-refractivity contribution in [3.63, 3.8) is 0 Å². The second-order valence-corrected chi connectivity index (χ2v) is 5.80. The van der Waals surface area contributed by atoms with Gasteiger partial charge in [-0.15, -0.1) is 0 Å². The number of rotatable bonds is 4. The highest BCUT2D eigenvalue weighted by Gasteiger charge is 2.32. The number of hydrogen-bond acceptors (Lipinski definition) is 2. The van der Waals surface area contributed by atoms with E-state index in [1.54, 1.807) is 14.0 Å². The molecule has 0 spiro atoms. The number of benzene rings is 1. The summed E-state index contributed by atoms with van der Waals surface area (Å²) in [6, 6.07) is 5.27. The molecule has 0 heterocycles. The number of halogens is 1. The van der Waals surface area contributed by atoms with Crippen molar-refractivity contribution in [2.24, 2.45) is 5.41 Å². The molecule has 102 valence electrons. The number of hydrogen-bond donors (Lipinski definition) is 1. The van der Waals surface area contributed by atoms with Crippen molar-refractivity contribution in [2.75, 3.05) is 14.2 Å². The van der Waals surface area contributed by atoms with E-state index in [9.17, 15) is 4.39 Å². The first-order valence-electron chi connectivity index (χ1n) is 6.27. The first-order chi connectivity index (χ1) is 8.31. The molecule has 0 saturated carbocycles. The molecule has 2 nitrogen and oxygen atoms in total. The molecule has 0 aromatic heterocycles. The van der Waals surface area contributed by atoms with Gasteiger partial charge in [-0.3, -0.25) is 0 Å². The van der Waals surface area contributed by atoms with Gasteiger partial charge in [-0.1, -0.05) is 32.9 Å². The summed E-state index contributed by atoms with van der Waals surface area (Å²) in [6.45, 7) is 8.20. The third-order valence-corrected chi connectivity index (χ3v) is 3.26. The van der Waals surface area contributed by atoms with Gasteiger partial charge in [-0.25, -0.2) is 4.39 Å². The van der Waals surface area contributed by atoms with Crippen LogP contribution in [0.3, 0.4) is 0 Å². The zero-order valence-corrected chi connectivity index (χ0v) is 12.2. The van der Waals surface area contributed by atoms with Crippen molar-refractivity contribution in [1.82, 2.24) is 5.32 Å². The van der Waals surface area contributed by atoms with Gasteiger partial charge in [0.25, 0.3) is 0 Å². The minimum atomic E-state index is -0.168. The van der Waals surface area contributed by atoms with E-state index in [2.05, 4.69) is 26.1 Å². The molecule has 0 saturated heterocycles. The van der Waals surface area contributed by atoms with Crippen LogP contribution in [0.4, 0.5) is 4.39 Å². The molecule has 1 aromatic rings. The van der Waals surface area contributed by atoms with E-state index in [0.29, 0.717) is 5.56 Å². The zero-order valence-electron chi connectivity index (χ0n) is 12.2. The third kappa shape index (κ3) is 3.30. The van der Waals surface area contributed by atoms with Crippen LogP contribution < -0.4 is 5.32 Å². The lowest BCUT2D eigenvalue weighted by molar-refractivity contribution is -0.0102. The quantitative estimate of drug-likeness (QED) is 0.887. The molecule has 2 unspecified atom stereocenters. The van der Waals surface area contributed by atoms with E-state index in [1.165, 1.54) is 6.07 Å². The Morgan fingerprint density at radius 3 is 2.28 bits per heavy atom. The summed E-state index contributed by atoms with van der Waals surface area (Å²) in [5, 5.41) is 3.28. The normalized spacial score (nSPS) is 15.5. The van der Waals surface area contributed by atoms with Crippen molar-refractivity contribution >= 4 is 0 Å². The molecule has 0 fully saturated rings. The monoisotopic (exact) mass is 253 g/mol. The molecule has 2 atom stereocenters. The van der Waals surface area contributed by atoms with Gasteiger partial charge < -0.3 is 10.1 Å². The first kappa shape index (κ1) is 15.1. The smallest absolute Gasteiger partial charge is 0.126 e. The van der Waals surface area contributed by atoms with Crippen molar-refractivity contribution in [3.8, 4) is 0 Å². The SMILES string of the molecule is CNC(c1ccc(F)c(C)c1)C(OC)C(C)(C)C. The second kappa shape index (κ2) is 5.81. The van der Waals surface area contributed by atoms with Gasteiger partial charge in [0, 0.05) is 7.11 Å². The minimum absolute atomic E-state index is 0.00468. The van der Waals surface area contributed by atoms with E-state index in [-0.39, 0.29) is 23.4 Å². The van der Waals surface area contributed by atoms with Gasteiger partial charge in [0.05, 0.1) is 12.1 Å². The minimum Gasteiger partial charge on any atom is -0.379 e. The predicted molar refractivity (Wildman–Crippen MR) is 73.2 cm³/mol. The molecule has 0 bridgehead atoms. The fraction of sp³-hybridized carbons (Fsp3) is 0.600. The molecule has 0 aliphatic heterocycles. The highest BCUT2D eigenvalue weighted by atomic mass is 19.1. The van der Waals surface area contributed by atoms with Crippen LogP contribution in [0, 0.1) is 18.2 Å². The van der Waals surface area contributed by atoms with Crippen LogP contribution in [0.15, 0.2) is 18.2 Å². The molecule has 1 rings (SSSR count). The van der Waals surface area contributed by atoms with E-state index < -0.39 is 0 Å². The molecule has 0 amide bonds. The standard InChI is InChI=1S/C15H24FNO/c1-10-9-11(7-8-12(10)16)13(17-5)14(18-6)15(2,3)4/h7-9,13-14,17H,1-6H3. The van der Waals surface area contributed by atoms with E-state index in [4.69, 9.17) is 4.74 Å². The lowest BCUT2D eigenvalue weighted by Gasteiger charge is -2.36. The Balaban J connectivity index is 3.12. The van der Waals surface area contributed by atoms with Gasteiger partial charge in [0.2, 0.25) is 0 Å². The topological polar surface area (TPSA) is 21.3 Å². The van der Waals surface area contributed by atoms with Crippen LogP contribution in [-0.4, -0.2) is 20.3 Å². The summed E-state index contributed by atoms with van der Waals surface area (Å²) in [7, 11) is 3.62. The molecule has 3 heteroatoms. The highest BCUT2D eigenvalue weighted by molar-refractivity contribution is 5.27. The summed E-state index contributed by atoms with van der Waals surface area (Å²) < 4.78 is 19.0. The fourth-order valence-electron chi connectivity index (χ4n) is 2.34. The van der Waals surface area contributed by atoms with E-state index in [0.717, 1.165) is 5.56 Å². The number of aryl methyl sites for hydroxylation is 1. The molecule has 1 N–H and O–H groups in total. The van der Waals surface area contributed by atoms with Gasteiger partial charge in [-0.05, 0) is 36.6 Å². The van der Waals surface area contributed by atoms with E-state index >= 15 is 0 Å². The Kier molecular flexibility index (Phi) is 4.88. The van der Waals surface area contributed by atoms with Gasteiger partial charge >= 0.3 is 0 Å². The molecular formula is C15H24FNO. The lowest BCUT2D eigenvalue weighted by Crippen LogP contribution is -2.40. The maximum absolute atomic E-state index is 13.3. The van der Waals surface area contributed by atoms with Crippen LogP contribution >= 0.6 is 0 Å². The summed E-state index contributed by atoms with van der Waals surface area (Å²) in [5.74, 6) is -0.168. The van der Waals surface area contributed by atoms with Crippen molar-refractivity contribution in [2.45, 2.75) is 39.8 Å². The lowest BCUT2D eigenvalue weighted by atomic mass is 9.82. The average molecular weight is 253 g/mol. The summed E-state index contributed by atoms with van der Waals surface area (Å²) >= 11 is 0. The number of likely N-dealkylation sites (N-methyl/N-ethyl adjacent to an activating group) is 1. The molecule has 0 aliphatic rings. The van der Waals surface area contributed by atoms with Crippen LogP contribution in [0.25, 0.3) is 0 Å². The Bertz CT molecular complexity index is 398. The van der Waals surface area contributed by atoms with Crippen molar-refractivity contribution in [3.05, 3.63) is 35.1 Å². The molecule has 0 radical (unpaired) electrons. The van der Waals surface area contributed by atoms with Crippen LogP contribution in [0.5, 0.6) is 0 Å². The van der Waals surface area contributed by atoms with Gasteiger partial charge in [0.1, 0.15) is 5.82 Å². The Hall–Kier alpha value is -0.930. The largest absolute Gasteiger partial charge is 0.379 e. The Labute approximate surface area is 110 Å². The number of nitrogens with one attached hydrogen (secondary N) is 1. The summed E-state index contributed by atoms with van der Waals surface area (Å²) in [5.41, 5.74) is 1.72. The molecule has 18 heavy (non-hydrogen) atoms. The maximum atomic E-state index is 13.3. The maximum Gasteiger partial charge on any atom is 0.126 e. The number of methoxy groups -OCH3 is 1. The summed E-state index contributed by atoms with van der Waals surface area (Å²) in [4.78, 5) is 0. The number of ether oxygens (including phenoxy) is 1. The van der Waals surface area contributed by atoms with Crippen molar-refractivity contribution in [1.29, 1.82) is 0 Å². The van der Waals surface area contributed by atoms with Gasteiger partial charge in [0.15, 0.2) is 0 Å². The van der Waals surface area contributed by atoms with Crippen LogP contribution in [0.1, 0.15) is 37.9 Å². The van der Waals surface area contributed by atoms with Crippen molar-refractivity contribution < 1.29 is 9.13 Å². The molecular weight excluding hydrogens is 229 g/mol. The third-order valence-electron chi connectivity index (χ3n) is 3.26. The van der Waals surface area contributed by atoms with Crippen LogP contribution in [-0.2, 0) is 4.74 Å². The van der Waals surface area contributed by atoms with E-state index in [1.807, 2.05) is 19.2 Å². The Morgan fingerprint density at radius 2 is 1.89 bits per heavy atom. The first-order valence-corrected chi connectivity index (χ1v) is 6.27. The zero-order chi connectivity index (χ0) is 13.9. The highest BCUT2D eigenvalue weighted by Crippen LogP contribution is 2.32. The Morgan fingerprint density at radius 1 is 1.28 bits per heavy atom.